The van der Waals surface area contributed by atoms with Crippen LogP contribution in [0.25, 0.3) is 11.0 Å². The zero-order valence-corrected chi connectivity index (χ0v) is 12.4. The van der Waals surface area contributed by atoms with Crippen molar-refractivity contribution in [3.8, 4) is 0 Å². The van der Waals surface area contributed by atoms with E-state index in [4.69, 9.17) is 5.11 Å². The molecule has 1 N–H and O–H groups in total. The molecule has 0 saturated heterocycles. The highest BCUT2D eigenvalue weighted by molar-refractivity contribution is 5.92. The molecule has 0 amide bonds. The number of carbonyl (C=O) groups is 1. The summed E-state index contributed by atoms with van der Waals surface area (Å²) >= 11 is 0. The van der Waals surface area contributed by atoms with Gasteiger partial charge in [0.05, 0.1) is 29.0 Å². The minimum absolute atomic E-state index is 0.263. The molecular weight excluding hydrogens is 254 g/mol. The van der Waals surface area contributed by atoms with E-state index in [0.29, 0.717) is 11.5 Å². The van der Waals surface area contributed by atoms with Crippen molar-refractivity contribution in [1.29, 1.82) is 0 Å². The van der Waals surface area contributed by atoms with Crippen LogP contribution in [0.3, 0.4) is 0 Å². The molecule has 20 heavy (non-hydrogen) atoms. The predicted octanol–water partition coefficient (Wildman–Crippen LogP) is 2.49. The Morgan fingerprint density at radius 3 is 2.65 bits per heavy atom. The van der Waals surface area contributed by atoms with Crippen molar-refractivity contribution >= 4 is 17.0 Å². The Bertz CT molecular complexity index is 617. The lowest BCUT2D eigenvalue weighted by Crippen LogP contribution is -2.27. The molecule has 0 aliphatic heterocycles. The predicted molar refractivity (Wildman–Crippen MR) is 79.1 cm³/mol. The lowest BCUT2D eigenvalue weighted by Gasteiger charge is -2.26. The van der Waals surface area contributed by atoms with Crippen LogP contribution in [0.15, 0.2) is 24.5 Å². The Kier molecular flexibility index (Phi) is 4.09. The summed E-state index contributed by atoms with van der Waals surface area (Å²) in [4.78, 5) is 17.6. The molecule has 0 saturated carbocycles. The van der Waals surface area contributed by atoms with Crippen LogP contribution >= 0.6 is 0 Å². The second-order valence-electron chi connectivity index (χ2n) is 5.73. The van der Waals surface area contributed by atoms with Gasteiger partial charge in [0.2, 0.25) is 0 Å². The number of benzene rings is 1. The summed E-state index contributed by atoms with van der Waals surface area (Å²) in [5.74, 6) is -0.475. The van der Waals surface area contributed by atoms with Gasteiger partial charge in [0.15, 0.2) is 0 Å². The summed E-state index contributed by atoms with van der Waals surface area (Å²) in [7, 11) is 4.08. The molecule has 0 spiro atoms. The number of aromatic nitrogens is 2. The van der Waals surface area contributed by atoms with Gasteiger partial charge in [-0.05, 0) is 38.2 Å². The Labute approximate surface area is 118 Å². The molecule has 2 rings (SSSR count). The SMILES string of the molecule is CC(C)C(CN(C)C)n1cnc2ccc(C(=O)O)cc21. The Morgan fingerprint density at radius 2 is 2.10 bits per heavy atom. The molecule has 1 unspecified atom stereocenters. The Hall–Kier alpha value is -1.88. The van der Waals surface area contributed by atoms with Crippen LogP contribution in [0.2, 0.25) is 0 Å². The van der Waals surface area contributed by atoms with Gasteiger partial charge >= 0.3 is 5.97 Å². The maximum Gasteiger partial charge on any atom is 0.335 e. The first kappa shape index (κ1) is 14.5. The summed E-state index contributed by atoms with van der Waals surface area (Å²) < 4.78 is 2.09. The summed E-state index contributed by atoms with van der Waals surface area (Å²) in [6.45, 7) is 5.22. The zero-order valence-electron chi connectivity index (χ0n) is 12.4. The minimum Gasteiger partial charge on any atom is -0.478 e. The maximum atomic E-state index is 11.1. The molecule has 2 aromatic rings. The van der Waals surface area contributed by atoms with Crippen LogP contribution < -0.4 is 0 Å². The molecule has 1 atom stereocenters. The summed E-state index contributed by atoms with van der Waals surface area (Å²) in [6.07, 6.45) is 1.81. The third-order valence-corrected chi connectivity index (χ3v) is 3.50. The van der Waals surface area contributed by atoms with E-state index in [9.17, 15) is 4.79 Å². The molecule has 108 valence electrons. The molecule has 5 heteroatoms. The molecule has 0 aliphatic rings. The van der Waals surface area contributed by atoms with Gasteiger partial charge in [0.25, 0.3) is 0 Å². The molecule has 1 heterocycles. The standard InChI is InChI=1S/C15H21N3O2/c1-10(2)14(8-17(3)4)18-9-16-12-6-5-11(15(19)20)7-13(12)18/h5-7,9-10,14H,8H2,1-4H3,(H,19,20). The number of aromatic carboxylic acids is 1. The van der Waals surface area contributed by atoms with E-state index < -0.39 is 5.97 Å². The number of carboxylic acid groups (broad SMARTS) is 1. The topological polar surface area (TPSA) is 58.4 Å². The number of carboxylic acids is 1. The van der Waals surface area contributed by atoms with Gasteiger partial charge in [-0.1, -0.05) is 13.8 Å². The highest BCUT2D eigenvalue weighted by Gasteiger charge is 2.19. The quantitative estimate of drug-likeness (QED) is 0.910. The zero-order chi connectivity index (χ0) is 14.9. The number of rotatable bonds is 5. The molecule has 0 fully saturated rings. The van der Waals surface area contributed by atoms with Crippen LogP contribution in [0.1, 0.15) is 30.2 Å². The van der Waals surface area contributed by atoms with E-state index in [2.05, 4.69) is 28.3 Å². The van der Waals surface area contributed by atoms with E-state index >= 15 is 0 Å². The normalized spacial score (nSPS) is 13.3. The molecule has 0 aliphatic carbocycles. The maximum absolute atomic E-state index is 11.1. The van der Waals surface area contributed by atoms with Gasteiger partial charge in [0, 0.05) is 6.54 Å². The van der Waals surface area contributed by atoms with Crippen molar-refractivity contribution in [2.24, 2.45) is 5.92 Å². The Morgan fingerprint density at radius 1 is 1.40 bits per heavy atom. The third-order valence-electron chi connectivity index (χ3n) is 3.50. The highest BCUT2D eigenvalue weighted by Crippen LogP contribution is 2.25. The molecule has 1 aromatic carbocycles. The van der Waals surface area contributed by atoms with Crippen molar-refractivity contribution in [1.82, 2.24) is 14.5 Å². The lowest BCUT2D eigenvalue weighted by atomic mass is 10.0. The number of hydrogen-bond acceptors (Lipinski definition) is 3. The van der Waals surface area contributed by atoms with Crippen LogP contribution in [0.5, 0.6) is 0 Å². The van der Waals surface area contributed by atoms with Crippen molar-refractivity contribution in [2.75, 3.05) is 20.6 Å². The van der Waals surface area contributed by atoms with E-state index in [-0.39, 0.29) is 6.04 Å². The van der Waals surface area contributed by atoms with Crippen molar-refractivity contribution < 1.29 is 9.90 Å². The van der Waals surface area contributed by atoms with Crippen molar-refractivity contribution in [2.45, 2.75) is 19.9 Å². The summed E-state index contributed by atoms with van der Waals surface area (Å²) in [5, 5.41) is 9.13. The molecule has 0 radical (unpaired) electrons. The van der Waals surface area contributed by atoms with Crippen molar-refractivity contribution in [3.63, 3.8) is 0 Å². The highest BCUT2D eigenvalue weighted by atomic mass is 16.4. The smallest absolute Gasteiger partial charge is 0.335 e. The average molecular weight is 275 g/mol. The minimum atomic E-state index is -0.909. The average Bonchev–Trinajstić information content (AvgIpc) is 2.77. The monoisotopic (exact) mass is 275 g/mol. The molecule has 1 aromatic heterocycles. The van der Waals surface area contributed by atoms with Crippen LogP contribution in [-0.2, 0) is 0 Å². The van der Waals surface area contributed by atoms with Gasteiger partial charge < -0.3 is 14.6 Å². The lowest BCUT2D eigenvalue weighted by molar-refractivity contribution is 0.0697. The van der Waals surface area contributed by atoms with E-state index in [1.807, 2.05) is 20.4 Å². The molecule has 0 bridgehead atoms. The fourth-order valence-electron chi connectivity index (χ4n) is 2.42. The van der Waals surface area contributed by atoms with Crippen LogP contribution in [0.4, 0.5) is 0 Å². The number of imidazole rings is 1. The molecule has 5 nitrogen and oxygen atoms in total. The number of nitrogens with zero attached hydrogens (tertiary/aromatic N) is 3. The fourth-order valence-corrected chi connectivity index (χ4v) is 2.42. The fraction of sp³-hybridized carbons (Fsp3) is 0.467. The van der Waals surface area contributed by atoms with Crippen molar-refractivity contribution in [3.05, 3.63) is 30.1 Å². The third kappa shape index (κ3) is 2.82. The van der Waals surface area contributed by atoms with Gasteiger partial charge in [-0.25, -0.2) is 9.78 Å². The van der Waals surface area contributed by atoms with E-state index in [0.717, 1.165) is 17.6 Å². The first-order valence-electron chi connectivity index (χ1n) is 6.74. The van der Waals surface area contributed by atoms with Crippen LogP contribution in [0, 0.1) is 5.92 Å². The first-order valence-corrected chi connectivity index (χ1v) is 6.74. The van der Waals surface area contributed by atoms with Gasteiger partial charge in [0.1, 0.15) is 0 Å². The van der Waals surface area contributed by atoms with Gasteiger partial charge in [-0.15, -0.1) is 0 Å². The number of likely N-dealkylation sites (N-methyl/N-ethyl adjacent to an activating group) is 1. The van der Waals surface area contributed by atoms with Gasteiger partial charge in [-0.3, -0.25) is 0 Å². The summed E-state index contributed by atoms with van der Waals surface area (Å²) in [5.41, 5.74) is 2.01. The number of fused-ring (bicyclic) bond motifs is 1. The number of hydrogen-bond donors (Lipinski definition) is 1. The first-order chi connectivity index (χ1) is 9.40. The Balaban J connectivity index is 2.51. The molecular formula is C15H21N3O2. The van der Waals surface area contributed by atoms with Gasteiger partial charge in [-0.2, -0.15) is 0 Å². The second kappa shape index (κ2) is 5.63. The second-order valence-corrected chi connectivity index (χ2v) is 5.73. The van der Waals surface area contributed by atoms with E-state index in [1.165, 1.54) is 0 Å². The van der Waals surface area contributed by atoms with E-state index in [1.54, 1.807) is 18.2 Å². The summed E-state index contributed by atoms with van der Waals surface area (Å²) in [6, 6.07) is 5.33. The largest absolute Gasteiger partial charge is 0.478 e. The van der Waals surface area contributed by atoms with Crippen LogP contribution in [-0.4, -0.2) is 46.2 Å².